The standard InChI is InChI=1S/C18H22F3N5O2/c1-23(2)17(28)25-9-7-24(8-10-25)15-6-5-14-4-3-13(11-26(14)15)16(27)22-12-18(19,20)21/h3-6,11H,7-10,12H2,1-2H3,(H,22,27). The molecule has 7 nitrogen and oxygen atoms in total. The zero-order valence-corrected chi connectivity index (χ0v) is 15.7. The third-order valence-electron chi connectivity index (χ3n) is 4.60. The lowest BCUT2D eigenvalue weighted by Gasteiger charge is -2.36. The molecule has 2 aromatic rings. The molecule has 0 bridgehead atoms. The highest BCUT2D eigenvalue weighted by Crippen LogP contribution is 2.22. The van der Waals surface area contributed by atoms with Gasteiger partial charge in [0.25, 0.3) is 5.91 Å². The van der Waals surface area contributed by atoms with Gasteiger partial charge in [0.1, 0.15) is 12.4 Å². The maximum absolute atomic E-state index is 12.3. The number of hydrogen-bond acceptors (Lipinski definition) is 3. The fourth-order valence-corrected chi connectivity index (χ4v) is 3.17. The van der Waals surface area contributed by atoms with Gasteiger partial charge in [0, 0.05) is 52.0 Å². The molecule has 28 heavy (non-hydrogen) atoms. The lowest BCUT2D eigenvalue weighted by Crippen LogP contribution is -2.51. The Morgan fingerprint density at radius 2 is 1.71 bits per heavy atom. The summed E-state index contributed by atoms with van der Waals surface area (Å²) in [7, 11) is 3.42. The molecule has 1 saturated heterocycles. The maximum Gasteiger partial charge on any atom is 0.405 e. The second kappa shape index (κ2) is 7.61. The van der Waals surface area contributed by atoms with E-state index in [4.69, 9.17) is 0 Å². The average Bonchev–Trinajstić information content (AvgIpc) is 3.08. The van der Waals surface area contributed by atoms with Gasteiger partial charge in [0.15, 0.2) is 0 Å². The molecule has 0 atom stereocenters. The number of amides is 3. The molecule has 0 radical (unpaired) electrons. The van der Waals surface area contributed by atoms with Crippen LogP contribution in [0.15, 0.2) is 30.5 Å². The van der Waals surface area contributed by atoms with Crippen LogP contribution in [-0.2, 0) is 0 Å². The minimum absolute atomic E-state index is 0.0386. The van der Waals surface area contributed by atoms with Crippen molar-refractivity contribution in [2.24, 2.45) is 0 Å². The van der Waals surface area contributed by atoms with Crippen molar-refractivity contribution in [1.29, 1.82) is 0 Å². The topological polar surface area (TPSA) is 60.3 Å². The van der Waals surface area contributed by atoms with E-state index < -0.39 is 18.6 Å². The normalized spacial score (nSPS) is 15.0. The van der Waals surface area contributed by atoms with Gasteiger partial charge in [-0.2, -0.15) is 13.2 Å². The molecule has 0 saturated carbocycles. The van der Waals surface area contributed by atoms with Crippen LogP contribution in [0.25, 0.3) is 5.52 Å². The van der Waals surface area contributed by atoms with Crippen LogP contribution in [0.4, 0.5) is 23.8 Å². The van der Waals surface area contributed by atoms with E-state index in [2.05, 4.69) is 4.90 Å². The molecular formula is C18H22F3N5O2. The quantitative estimate of drug-likeness (QED) is 0.862. The Labute approximate surface area is 160 Å². The Bertz CT molecular complexity index is 870. The number of rotatable bonds is 3. The van der Waals surface area contributed by atoms with E-state index in [0.717, 1.165) is 11.3 Å². The van der Waals surface area contributed by atoms with E-state index in [1.54, 1.807) is 29.5 Å². The molecule has 3 amide bonds. The summed E-state index contributed by atoms with van der Waals surface area (Å²) in [5, 5.41) is 1.88. The fraction of sp³-hybridized carbons (Fsp3) is 0.444. The number of anilines is 1. The van der Waals surface area contributed by atoms with E-state index >= 15 is 0 Å². The van der Waals surface area contributed by atoms with Crippen molar-refractivity contribution in [2.45, 2.75) is 6.18 Å². The lowest BCUT2D eigenvalue weighted by molar-refractivity contribution is -0.123. The Morgan fingerprint density at radius 1 is 1.07 bits per heavy atom. The van der Waals surface area contributed by atoms with Crippen LogP contribution in [0.1, 0.15) is 10.4 Å². The molecule has 1 aliphatic heterocycles. The molecule has 3 rings (SSSR count). The van der Waals surface area contributed by atoms with E-state index in [1.165, 1.54) is 17.2 Å². The first kappa shape index (κ1) is 19.8. The first-order valence-electron chi connectivity index (χ1n) is 8.83. The zero-order chi connectivity index (χ0) is 20.5. The summed E-state index contributed by atoms with van der Waals surface area (Å²) < 4.78 is 38.8. The van der Waals surface area contributed by atoms with Crippen molar-refractivity contribution in [1.82, 2.24) is 19.5 Å². The summed E-state index contributed by atoms with van der Waals surface area (Å²) in [6.45, 7) is 1.00. The fourth-order valence-electron chi connectivity index (χ4n) is 3.17. The molecule has 3 heterocycles. The summed E-state index contributed by atoms with van der Waals surface area (Å²) in [5.74, 6) is 0.0534. The number of carbonyl (C=O) groups is 2. The summed E-state index contributed by atoms with van der Waals surface area (Å²) >= 11 is 0. The first-order chi connectivity index (χ1) is 13.2. The summed E-state index contributed by atoms with van der Waals surface area (Å²) in [6.07, 6.45) is -2.92. The molecule has 0 aliphatic carbocycles. The molecule has 0 spiro atoms. The number of nitrogens with one attached hydrogen (secondary N) is 1. The van der Waals surface area contributed by atoms with Gasteiger partial charge in [-0.15, -0.1) is 0 Å². The predicted octanol–water partition coefficient (Wildman–Crippen LogP) is 2.04. The highest BCUT2D eigenvalue weighted by Gasteiger charge is 2.28. The van der Waals surface area contributed by atoms with Crippen molar-refractivity contribution >= 4 is 23.3 Å². The highest BCUT2D eigenvalue weighted by molar-refractivity contribution is 5.94. The van der Waals surface area contributed by atoms with Crippen molar-refractivity contribution in [2.75, 3.05) is 51.7 Å². The lowest BCUT2D eigenvalue weighted by atomic mass is 10.2. The number of halogens is 3. The third-order valence-corrected chi connectivity index (χ3v) is 4.60. The molecule has 1 aliphatic rings. The van der Waals surface area contributed by atoms with Gasteiger partial charge in [-0.1, -0.05) is 0 Å². The van der Waals surface area contributed by atoms with Gasteiger partial charge in [-0.25, -0.2) is 4.79 Å². The monoisotopic (exact) mass is 397 g/mol. The van der Waals surface area contributed by atoms with Gasteiger partial charge in [-0.05, 0) is 24.3 Å². The Morgan fingerprint density at radius 3 is 2.32 bits per heavy atom. The molecule has 152 valence electrons. The molecular weight excluding hydrogens is 375 g/mol. The summed E-state index contributed by atoms with van der Waals surface area (Å²) in [6, 6.07) is 6.93. The van der Waals surface area contributed by atoms with Gasteiger partial charge < -0.3 is 24.4 Å². The van der Waals surface area contributed by atoms with Crippen LogP contribution in [-0.4, -0.2) is 79.1 Å². The molecule has 1 N–H and O–H groups in total. The molecule has 0 unspecified atom stereocenters. The van der Waals surface area contributed by atoms with E-state index in [-0.39, 0.29) is 11.6 Å². The smallest absolute Gasteiger partial charge is 0.354 e. The molecule has 10 heteroatoms. The third kappa shape index (κ3) is 4.32. The maximum atomic E-state index is 12.3. The van der Waals surface area contributed by atoms with Crippen molar-refractivity contribution < 1.29 is 22.8 Å². The average molecular weight is 397 g/mol. The summed E-state index contributed by atoms with van der Waals surface area (Å²) in [4.78, 5) is 29.5. The Kier molecular flexibility index (Phi) is 5.39. The summed E-state index contributed by atoms with van der Waals surface area (Å²) in [5.41, 5.74) is 0.977. The number of fused-ring (bicyclic) bond motifs is 1. The van der Waals surface area contributed by atoms with E-state index in [9.17, 15) is 22.8 Å². The number of aromatic nitrogens is 1. The minimum Gasteiger partial charge on any atom is -0.354 e. The van der Waals surface area contributed by atoms with Crippen molar-refractivity contribution in [3.63, 3.8) is 0 Å². The van der Waals surface area contributed by atoms with Crippen LogP contribution in [0.3, 0.4) is 0 Å². The highest BCUT2D eigenvalue weighted by atomic mass is 19.4. The molecule has 1 fully saturated rings. The number of carbonyl (C=O) groups excluding carboxylic acids is 2. The second-order valence-electron chi connectivity index (χ2n) is 6.85. The zero-order valence-electron chi connectivity index (χ0n) is 15.7. The van der Waals surface area contributed by atoms with E-state index in [0.29, 0.717) is 26.2 Å². The minimum atomic E-state index is -4.46. The predicted molar refractivity (Wildman–Crippen MR) is 98.7 cm³/mol. The van der Waals surface area contributed by atoms with Crippen LogP contribution < -0.4 is 10.2 Å². The Balaban J connectivity index is 1.74. The van der Waals surface area contributed by atoms with Gasteiger partial charge >= 0.3 is 12.2 Å². The van der Waals surface area contributed by atoms with Crippen LogP contribution in [0.2, 0.25) is 0 Å². The number of nitrogens with zero attached hydrogens (tertiary/aromatic N) is 4. The SMILES string of the molecule is CN(C)C(=O)N1CCN(c2ccc3ccc(C(=O)NCC(F)(F)F)cn23)CC1. The van der Waals surface area contributed by atoms with Crippen LogP contribution in [0.5, 0.6) is 0 Å². The molecule has 2 aromatic heterocycles. The van der Waals surface area contributed by atoms with Gasteiger partial charge in [0.05, 0.1) is 5.56 Å². The molecule has 0 aromatic carbocycles. The van der Waals surface area contributed by atoms with Gasteiger partial charge in [0.2, 0.25) is 0 Å². The number of urea groups is 1. The van der Waals surface area contributed by atoms with Gasteiger partial charge in [-0.3, -0.25) is 4.79 Å². The Hall–Kier alpha value is -2.91. The second-order valence-corrected chi connectivity index (χ2v) is 6.85. The van der Waals surface area contributed by atoms with Crippen LogP contribution in [0, 0.1) is 0 Å². The number of hydrogen-bond donors (Lipinski definition) is 1. The largest absolute Gasteiger partial charge is 0.405 e. The number of alkyl halides is 3. The van der Waals surface area contributed by atoms with E-state index in [1.807, 2.05) is 17.4 Å². The number of pyridine rings is 1. The van der Waals surface area contributed by atoms with Crippen molar-refractivity contribution in [3.8, 4) is 0 Å². The number of piperazine rings is 1. The van der Waals surface area contributed by atoms with Crippen LogP contribution >= 0.6 is 0 Å². The van der Waals surface area contributed by atoms with Crippen molar-refractivity contribution in [3.05, 3.63) is 36.0 Å². The first-order valence-corrected chi connectivity index (χ1v) is 8.83.